The van der Waals surface area contributed by atoms with Crippen LogP contribution in [0.2, 0.25) is 0 Å². The molecule has 0 saturated heterocycles. The van der Waals surface area contributed by atoms with Gasteiger partial charge in [-0.15, -0.1) is 0 Å². The molecule has 0 fully saturated rings. The molecule has 7 nitrogen and oxygen atoms in total. The van der Waals surface area contributed by atoms with Crippen molar-refractivity contribution in [3.8, 4) is 5.88 Å². The number of nitrogens with zero attached hydrogens (tertiary/aromatic N) is 2. The summed E-state index contributed by atoms with van der Waals surface area (Å²) in [4.78, 5) is 31.2. The second-order valence-corrected chi connectivity index (χ2v) is 5.86. The van der Waals surface area contributed by atoms with Crippen molar-refractivity contribution in [2.75, 3.05) is 11.9 Å². The van der Waals surface area contributed by atoms with E-state index in [4.69, 9.17) is 4.74 Å². The van der Waals surface area contributed by atoms with Crippen molar-refractivity contribution in [2.45, 2.75) is 33.0 Å². The predicted octanol–water partition coefficient (Wildman–Crippen LogP) is 2.87. The lowest BCUT2D eigenvalue weighted by molar-refractivity contribution is -0.154. The number of halogens is 3. The van der Waals surface area contributed by atoms with Crippen molar-refractivity contribution < 1.29 is 27.5 Å². The van der Waals surface area contributed by atoms with Gasteiger partial charge in [-0.1, -0.05) is 6.92 Å². The summed E-state index contributed by atoms with van der Waals surface area (Å²) in [7, 11) is 0. The molecule has 10 heteroatoms. The molecule has 0 aliphatic rings. The first kappa shape index (κ1) is 21.1. The number of alkyl halides is 3. The number of pyridine rings is 2. The molecule has 2 aromatic heterocycles. The summed E-state index contributed by atoms with van der Waals surface area (Å²) in [6.07, 6.45) is -1.28. The zero-order chi connectivity index (χ0) is 20.7. The molecule has 150 valence electrons. The zero-order valence-electron chi connectivity index (χ0n) is 15.3. The van der Waals surface area contributed by atoms with E-state index in [1.54, 1.807) is 13.0 Å². The Kier molecular flexibility index (Phi) is 6.91. The molecule has 2 N–H and O–H groups in total. The SMILES string of the molecule is CCc1cc(CNC(=O)c2ccnc(NC(C)=O)c2)cnc1OCC(F)(F)F. The summed E-state index contributed by atoms with van der Waals surface area (Å²) in [5, 5.41) is 5.17. The van der Waals surface area contributed by atoms with E-state index >= 15 is 0 Å². The molecular weight excluding hydrogens is 377 g/mol. The van der Waals surface area contributed by atoms with Crippen molar-refractivity contribution in [3.05, 3.63) is 47.3 Å². The summed E-state index contributed by atoms with van der Waals surface area (Å²) < 4.78 is 41.6. The van der Waals surface area contributed by atoms with Gasteiger partial charge in [0, 0.05) is 37.0 Å². The monoisotopic (exact) mass is 396 g/mol. The quantitative estimate of drug-likeness (QED) is 0.751. The van der Waals surface area contributed by atoms with Gasteiger partial charge >= 0.3 is 6.18 Å². The number of rotatable bonds is 7. The molecule has 0 aromatic carbocycles. The number of anilines is 1. The molecule has 2 amide bonds. The predicted molar refractivity (Wildman–Crippen MR) is 94.9 cm³/mol. The van der Waals surface area contributed by atoms with Crippen molar-refractivity contribution >= 4 is 17.6 Å². The number of hydrogen-bond acceptors (Lipinski definition) is 5. The second-order valence-electron chi connectivity index (χ2n) is 5.86. The standard InChI is InChI=1S/C18H19F3N4O3/c1-3-13-6-12(9-24-17(13)28-10-18(19,20)21)8-23-16(27)14-4-5-22-15(7-14)25-11(2)26/h4-7,9H,3,8,10H2,1-2H3,(H,23,27)(H,22,25,26). The summed E-state index contributed by atoms with van der Waals surface area (Å²) in [5.74, 6) is -0.536. The van der Waals surface area contributed by atoms with Gasteiger partial charge in [0.2, 0.25) is 11.8 Å². The maximum Gasteiger partial charge on any atom is 0.422 e. The third kappa shape index (κ3) is 6.53. The Labute approximate surface area is 159 Å². The smallest absolute Gasteiger partial charge is 0.422 e. The Morgan fingerprint density at radius 2 is 1.96 bits per heavy atom. The van der Waals surface area contributed by atoms with E-state index in [1.165, 1.54) is 31.5 Å². The van der Waals surface area contributed by atoms with Crippen LogP contribution < -0.4 is 15.4 Å². The van der Waals surface area contributed by atoms with E-state index in [-0.39, 0.29) is 24.1 Å². The van der Waals surface area contributed by atoms with Crippen LogP contribution in [0.4, 0.5) is 19.0 Å². The number of amides is 2. The van der Waals surface area contributed by atoms with Gasteiger partial charge in [-0.3, -0.25) is 9.59 Å². The van der Waals surface area contributed by atoms with Crippen LogP contribution in [0.5, 0.6) is 5.88 Å². The first-order chi connectivity index (χ1) is 13.2. The maximum atomic E-state index is 12.3. The fraction of sp³-hybridized carbons (Fsp3) is 0.333. The molecule has 0 radical (unpaired) electrons. The van der Waals surface area contributed by atoms with Crippen LogP contribution in [0.25, 0.3) is 0 Å². The van der Waals surface area contributed by atoms with Crippen molar-refractivity contribution in [1.82, 2.24) is 15.3 Å². The molecule has 0 atom stereocenters. The van der Waals surface area contributed by atoms with E-state index in [2.05, 4.69) is 20.6 Å². The van der Waals surface area contributed by atoms with E-state index in [0.717, 1.165) is 0 Å². The van der Waals surface area contributed by atoms with E-state index in [9.17, 15) is 22.8 Å². The van der Waals surface area contributed by atoms with Gasteiger partial charge in [0.15, 0.2) is 6.61 Å². The number of carbonyl (C=O) groups is 2. The van der Waals surface area contributed by atoms with E-state index in [0.29, 0.717) is 23.1 Å². The molecule has 28 heavy (non-hydrogen) atoms. The Morgan fingerprint density at radius 1 is 1.21 bits per heavy atom. The number of aromatic nitrogens is 2. The number of hydrogen-bond donors (Lipinski definition) is 2. The maximum absolute atomic E-state index is 12.3. The van der Waals surface area contributed by atoms with Gasteiger partial charge in [-0.05, 0) is 30.2 Å². The van der Waals surface area contributed by atoms with Gasteiger partial charge in [0.05, 0.1) is 0 Å². The minimum Gasteiger partial charge on any atom is -0.468 e. The highest BCUT2D eigenvalue weighted by molar-refractivity contribution is 5.96. The van der Waals surface area contributed by atoms with E-state index in [1.807, 2.05) is 0 Å². The van der Waals surface area contributed by atoms with Crippen molar-refractivity contribution in [2.24, 2.45) is 0 Å². The highest BCUT2D eigenvalue weighted by Gasteiger charge is 2.29. The number of ether oxygens (including phenoxy) is 1. The lowest BCUT2D eigenvalue weighted by atomic mass is 10.1. The highest BCUT2D eigenvalue weighted by Crippen LogP contribution is 2.21. The summed E-state index contributed by atoms with van der Waals surface area (Å²) in [5.41, 5.74) is 1.42. The molecule has 2 aromatic rings. The Hall–Kier alpha value is -3.17. The average molecular weight is 396 g/mol. The molecule has 0 bridgehead atoms. The van der Waals surface area contributed by atoms with Crippen LogP contribution in [0.3, 0.4) is 0 Å². The Bertz CT molecular complexity index is 856. The van der Waals surface area contributed by atoms with Crippen LogP contribution in [0, 0.1) is 0 Å². The van der Waals surface area contributed by atoms with Crippen molar-refractivity contribution in [1.29, 1.82) is 0 Å². The third-order valence-corrected chi connectivity index (χ3v) is 3.51. The first-order valence-electron chi connectivity index (χ1n) is 8.37. The highest BCUT2D eigenvalue weighted by atomic mass is 19.4. The molecule has 2 heterocycles. The molecular formula is C18H19F3N4O3. The normalized spacial score (nSPS) is 11.0. The first-order valence-corrected chi connectivity index (χ1v) is 8.37. The number of aryl methyl sites for hydroxylation is 1. The topological polar surface area (TPSA) is 93.2 Å². The number of nitrogens with one attached hydrogen (secondary N) is 2. The molecule has 0 aliphatic heterocycles. The average Bonchev–Trinajstić information content (AvgIpc) is 2.63. The van der Waals surface area contributed by atoms with Crippen LogP contribution in [0.1, 0.15) is 35.3 Å². The fourth-order valence-corrected chi connectivity index (χ4v) is 2.28. The summed E-state index contributed by atoms with van der Waals surface area (Å²) >= 11 is 0. The lowest BCUT2D eigenvalue weighted by Crippen LogP contribution is -2.23. The van der Waals surface area contributed by atoms with Gasteiger partial charge in [0.1, 0.15) is 5.82 Å². The van der Waals surface area contributed by atoms with Crippen LogP contribution in [0.15, 0.2) is 30.6 Å². The largest absolute Gasteiger partial charge is 0.468 e. The summed E-state index contributed by atoms with van der Waals surface area (Å²) in [6.45, 7) is 1.80. The minimum atomic E-state index is -4.44. The Morgan fingerprint density at radius 3 is 2.61 bits per heavy atom. The molecule has 0 spiro atoms. The van der Waals surface area contributed by atoms with Crippen LogP contribution in [-0.4, -0.2) is 34.6 Å². The lowest BCUT2D eigenvalue weighted by Gasteiger charge is -2.13. The number of carbonyl (C=O) groups excluding carboxylic acids is 2. The van der Waals surface area contributed by atoms with Crippen LogP contribution in [-0.2, 0) is 17.8 Å². The molecule has 0 saturated carbocycles. The molecule has 2 rings (SSSR count). The molecule has 0 aliphatic carbocycles. The van der Waals surface area contributed by atoms with Gasteiger partial charge < -0.3 is 15.4 Å². The van der Waals surface area contributed by atoms with Crippen LogP contribution >= 0.6 is 0 Å². The summed E-state index contributed by atoms with van der Waals surface area (Å²) in [6, 6.07) is 4.55. The van der Waals surface area contributed by atoms with Gasteiger partial charge in [-0.2, -0.15) is 13.2 Å². The molecule has 0 unspecified atom stereocenters. The third-order valence-electron chi connectivity index (χ3n) is 3.51. The van der Waals surface area contributed by atoms with Crippen molar-refractivity contribution in [3.63, 3.8) is 0 Å². The minimum absolute atomic E-state index is 0.0796. The fourth-order valence-electron chi connectivity index (χ4n) is 2.28. The van der Waals surface area contributed by atoms with Gasteiger partial charge in [-0.25, -0.2) is 9.97 Å². The van der Waals surface area contributed by atoms with E-state index < -0.39 is 18.7 Å². The van der Waals surface area contributed by atoms with Gasteiger partial charge in [0.25, 0.3) is 5.91 Å². The Balaban J connectivity index is 2.02. The second kappa shape index (κ2) is 9.16. The zero-order valence-corrected chi connectivity index (χ0v) is 15.3.